The van der Waals surface area contributed by atoms with Crippen LogP contribution < -0.4 is 29.6 Å². The Kier molecular flexibility index (Phi) is 4.91. The van der Waals surface area contributed by atoms with Crippen LogP contribution in [0.25, 0.3) is 0 Å². The third-order valence-electron chi connectivity index (χ3n) is 0. The molecule has 0 aromatic rings. The molecule has 0 aromatic heterocycles. The Morgan fingerprint density at radius 1 is 1.17 bits per heavy atom. The van der Waals surface area contributed by atoms with Gasteiger partial charge in [0.15, 0.2) is 0 Å². The van der Waals surface area contributed by atoms with Gasteiger partial charge in [-0.05, 0) is 0 Å². The molecule has 0 atom stereocenters. The van der Waals surface area contributed by atoms with Crippen LogP contribution in [-0.2, 0) is 10.4 Å². The van der Waals surface area contributed by atoms with Gasteiger partial charge in [-0.15, -0.1) is 0 Å². The molecule has 6 heteroatoms. The minimum absolute atomic E-state index is 0. The molecule has 0 unspecified atom stereocenters. The van der Waals surface area contributed by atoms with Crippen molar-refractivity contribution in [2.75, 3.05) is 0 Å². The van der Waals surface area contributed by atoms with Crippen molar-refractivity contribution in [1.82, 2.24) is 0 Å². The third kappa shape index (κ3) is 96.4. The Balaban J connectivity index is 0. The fourth-order valence-electron chi connectivity index (χ4n) is 0. The molecule has 0 aliphatic heterocycles. The van der Waals surface area contributed by atoms with E-state index in [2.05, 4.69) is 0 Å². The van der Waals surface area contributed by atoms with Gasteiger partial charge in [0.25, 0.3) is 0 Å². The maximum Gasteiger partial charge on any atom is 1.00 e. The molecule has 0 radical (unpaired) electrons. The van der Waals surface area contributed by atoms with E-state index in [0.717, 1.165) is 0 Å². The fourth-order valence-corrected chi connectivity index (χ4v) is 0. The Morgan fingerprint density at radius 2 is 1.17 bits per heavy atom. The first-order valence-corrected chi connectivity index (χ1v) is 2.00. The normalized spacial score (nSPS) is 9.67. The monoisotopic (exact) mass is 119 g/mol. The zero-order valence-corrected chi connectivity index (χ0v) is 5.86. The summed E-state index contributed by atoms with van der Waals surface area (Å²) in [6.45, 7) is 0. The summed E-state index contributed by atoms with van der Waals surface area (Å²) in [6.07, 6.45) is 0. The Bertz CT molecular complexity index is 90.7. The molecule has 0 spiro atoms. The van der Waals surface area contributed by atoms with Gasteiger partial charge >= 0.3 is 29.6 Å². The average Bonchev–Trinajstić information content (AvgIpc) is 0.722. The van der Waals surface area contributed by atoms with Gasteiger partial charge in [-0.3, -0.25) is 8.42 Å². The van der Waals surface area contributed by atoms with E-state index in [9.17, 15) is 0 Å². The summed E-state index contributed by atoms with van der Waals surface area (Å²) >= 11 is 0. The molecule has 0 aliphatic carbocycles. The first-order chi connectivity index (χ1) is 2.00. The van der Waals surface area contributed by atoms with Crippen molar-refractivity contribution >= 4 is 10.4 Å². The van der Waals surface area contributed by atoms with E-state index in [1.54, 1.807) is 0 Å². The largest absolute Gasteiger partial charge is 1.00 e. The van der Waals surface area contributed by atoms with Crippen LogP contribution in [-0.4, -0.2) is 17.5 Å². The van der Waals surface area contributed by atoms with E-state index >= 15 is 0 Å². The fraction of sp³-hybridized carbons (Fsp3) is 0. The topological polar surface area (TPSA) is 80.3 Å². The van der Waals surface area contributed by atoms with Crippen LogP contribution in [0.4, 0.5) is 0 Å². The van der Waals surface area contributed by atoms with E-state index in [4.69, 9.17) is 17.5 Å². The first kappa shape index (κ1) is 9.98. The van der Waals surface area contributed by atoms with Gasteiger partial charge in [-0.25, -0.2) is 0 Å². The maximum absolute atomic E-state index is 8.52. The van der Waals surface area contributed by atoms with Gasteiger partial charge < -0.3 is 9.11 Å². The molecule has 0 aliphatic rings. The van der Waals surface area contributed by atoms with Crippen molar-refractivity contribution in [1.29, 1.82) is 0 Å². The molecule has 0 rings (SSSR count). The van der Waals surface area contributed by atoms with Gasteiger partial charge in [0, 0.05) is 10.4 Å². The predicted octanol–water partition coefficient (Wildman–Crippen LogP) is -4.33. The first-order valence-electron chi connectivity index (χ1n) is 0.667. The van der Waals surface area contributed by atoms with E-state index < -0.39 is 10.4 Å². The van der Waals surface area contributed by atoms with Crippen molar-refractivity contribution in [3.63, 3.8) is 0 Å². The standard InChI is InChI=1S/Na.H2O4S/c;1-5(2,3)4/h;(H2,1,2,3,4)/q+1;/p-2. The van der Waals surface area contributed by atoms with Crippen LogP contribution in [0.3, 0.4) is 0 Å². The molecule has 0 amide bonds. The van der Waals surface area contributed by atoms with Crippen LogP contribution >= 0.6 is 0 Å². The van der Waals surface area contributed by atoms with Gasteiger partial charge in [0.2, 0.25) is 0 Å². The van der Waals surface area contributed by atoms with Gasteiger partial charge in [0.05, 0.1) is 0 Å². The van der Waals surface area contributed by atoms with Gasteiger partial charge in [-0.1, -0.05) is 0 Å². The van der Waals surface area contributed by atoms with Crippen molar-refractivity contribution in [3.8, 4) is 0 Å². The van der Waals surface area contributed by atoms with E-state index in [1.807, 2.05) is 0 Å². The Hall–Kier alpha value is 0.870. The molecular formula is NaO4S-. The smallest absolute Gasteiger partial charge is 0.759 e. The summed E-state index contributed by atoms with van der Waals surface area (Å²) in [6, 6.07) is 0. The van der Waals surface area contributed by atoms with Crippen molar-refractivity contribution in [2.24, 2.45) is 0 Å². The van der Waals surface area contributed by atoms with Crippen LogP contribution in [0.1, 0.15) is 0 Å². The number of hydrogen-bond acceptors (Lipinski definition) is 4. The molecule has 6 heavy (non-hydrogen) atoms. The van der Waals surface area contributed by atoms with Crippen LogP contribution in [0.2, 0.25) is 0 Å². The molecule has 0 N–H and O–H groups in total. The number of hydrogen-bond donors (Lipinski definition) is 0. The van der Waals surface area contributed by atoms with Gasteiger partial charge in [-0.2, -0.15) is 0 Å². The second-order valence-corrected chi connectivity index (χ2v) is 1.22. The summed E-state index contributed by atoms with van der Waals surface area (Å²) in [4.78, 5) is 0. The van der Waals surface area contributed by atoms with Crippen LogP contribution in [0, 0.1) is 0 Å². The minimum Gasteiger partial charge on any atom is -0.759 e. The van der Waals surface area contributed by atoms with E-state index in [1.165, 1.54) is 0 Å². The molecule has 4 nitrogen and oxygen atoms in total. The average molecular weight is 119 g/mol. The summed E-state index contributed by atoms with van der Waals surface area (Å²) in [5, 5.41) is 0. The second kappa shape index (κ2) is 2.95. The molecule has 0 saturated carbocycles. The maximum atomic E-state index is 8.52. The van der Waals surface area contributed by atoms with E-state index in [0.29, 0.717) is 0 Å². The van der Waals surface area contributed by atoms with Crippen LogP contribution in [0.15, 0.2) is 0 Å². The molecule has 0 saturated heterocycles. The van der Waals surface area contributed by atoms with Crippen molar-refractivity contribution in [3.05, 3.63) is 0 Å². The Morgan fingerprint density at radius 3 is 1.17 bits per heavy atom. The molecule has 32 valence electrons. The van der Waals surface area contributed by atoms with Crippen LogP contribution in [0.5, 0.6) is 0 Å². The van der Waals surface area contributed by atoms with Gasteiger partial charge in [0.1, 0.15) is 0 Å². The Labute approximate surface area is 57.4 Å². The zero-order valence-electron chi connectivity index (χ0n) is 3.04. The summed E-state index contributed by atoms with van der Waals surface area (Å²) in [5.74, 6) is 0. The van der Waals surface area contributed by atoms with Crippen molar-refractivity contribution < 1.29 is 47.1 Å². The molecule has 0 aromatic carbocycles. The van der Waals surface area contributed by atoms with E-state index in [-0.39, 0.29) is 29.6 Å². The molecule has 0 fully saturated rings. The van der Waals surface area contributed by atoms with Crippen molar-refractivity contribution in [2.45, 2.75) is 0 Å². The molecule has 0 heterocycles. The predicted molar refractivity (Wildman–Crippen MR) is 10.5 cm³/mol. The number of rotatable bonds is 0. The quantitative estimate of drug-likeness (QED) is 0.183. The SMILES string of the molecule is O=S(=O)([O-])[O-].[Na+]. The zero-order chi connectivity index (χ0) is 4.50. The summed E-state index contributed by atoms with van der Waals surface area (Å²) in [7, 11) is -5.17. The summed E-state index contributed by atoms with van der Waals surface area (Å²) in [5.41, 5.74) is 0. The third-order valence-corrected chi connectivity index (χ3v) is 0. The summed E-state index contributed by atoms with van der Waals surface area (Å²) < 4.78 is 34.1. The molecule has 0 bridgehead atoms. The minimum atomic E-state index is -5.17. The second-order valence-electron chi connectivity index (χ2n) is 0.408. The molecular weight excluding hydrogens is 119 g/mol.